The van der Waals surface area contributed by atoms with E-state index in [-0.39, 0.29) is 22.9 Å². The molecule has 1 aromatic rings. The minimum Gasteiger partial charge on any atom is -0.508 e. The van der Waals surface area contributed by atoms with Crippen molar-refractivity contribution in [1.82, 2.24) is 5.32 Å². The van der Waals surface area contributed by atoms with E-state index in [9.17, 15) is 14.1 Å². The molecular weight excluding hydrogens is 298 g/mol. The van der Waals surface area contributed by atoms with Gasteiger partial charge in [-0.05, 0) is 37.0 Å². The number of hydrogen-bond acceptors (Lipinski definition) is 3. The summed E-state index contributed by atoms with van der Waals surface area (Å²) in [6.07, 6.45) is 5.16. The van der Waals surface area contributed by atoms with E-state index in [1.807, 2.05) is 19.1 Å². The van der Waals surface area contributed by atoms with Crippen molar-refractivity contribution in [2.75, 3.05) is 5.75 Å². The van der Waals surface area contributed by atoms with E-state index in [4.69, 9.17) is 0 Å². The number of hydrogen-bond donors (Lipinski definition) is 2. The van der Waals surface area contributed by atoms with Gasteiger partial charge in [-0.15, -0.1) is 0 Å². The van der Waals surface area contributed by atoms with Gasteiger partial charge >= 0.3 is 0 Å². The van der Waals surface area contributed by atoms with Gasteiger partial charge in [0.15, 0.2) is 0 Å². The molecule has 4 nitrogen and oxygen atoms in total. The molecule has 0 bridgehead atoms. The van der Waals surface area contributed by atoms with Gasteiger partial charge in [0.2, 0.25) is 5.91 Å². The number of aromatic hydroxyl groups is 1. The fourth-order valence-corrected chi connectivity index (χ4v) is 4.42. The molecule has 0 saturated heterocycles. The molecule has 122 valence electrons. The van der Waals surface area contributed by atoms with Gasteiger partial charge < -0.3 is 10.4 Å². The summed E-state index contributed by atoms with van der Waals surface area (Å²) in [5.74, 6) is 0.920. The normalized spacial score (nSPS) is 23.0. The number of rotatable bonds is 6. The lowest BCUT2D eigenvalue weighted by atomic mass is 9.94. The maximum atomic E-state index is 12.1. The Morgan fingerprint density at radius 2 is 1.95 bits per heavy atom. The van der Waals surface area contributed by atoms with Crippen LogP contribution in [0.3, 0.4) is 0 Å². The first-order valence-electron chi connectivity index (χ1n) is 8.04. The van der Waals surface area contributed by atoms with Crippen molar-refractivity contribution in [3.05, 3.63) is 29.8 Å². The summed E-state index contributed by atoms with van der Waals surface area (Å²) >= 11 is 0. The third-order valence-electron chi connectivity index (χ3n) is 4.25. The van der Waals surface area contributed by atoms with Crippen LogP contribution >= 0.6 is 0 Å². The maximum absolute atomic E-state index is 12.1. The average molecular weight is 323 g/mol. The summed E-state index contributed by atoms with van der Waals surface area (Å²) in [6.45, 7) is 1.94. The molecular formula is C17H25NO3S. The van der Waals surface area contributed by atoms with Crippen LogP contribution in [0.15, 0.2) is 24.3 Å². The highest BCUT2D eigenvalue weighted by Gasteiger charge is 2.29. The molecule has 1 aliphatic carbocycles. The van der Waals surface area contributed by atoms with E-state index >= 15 is 0 Å². The molecule has 1 fully saturated rings. The third kappa shape index (κ3) is 4.83. The van der Waals surface area contributed by atoms with Gasteiger partial charge in [-0.2, -0.15) is 0 Å². The molecule has 22 heavy (non-hydrogen) atoms. The minimum atomic E-state index is -0.845. The summed E-state index contributed by atoms with van der Waals surface area (Å²) in [5, 5.41) is 12.4. The Labute approximate surface area is 134 Å². The SMILES string of the molecule is CC[S@](=O)[C@H]1CCCC[C@@H]1NC(=O)CCc1ccc(O)cc1. The molecule has 1 aromatic carbocycles. The zero-order valence-corrected chi connectivity index (χ0v) is 13.9. The molecule has 0 radical (unpaired) electrons. The lowest BCUT2D eigenvalue weighted by Gasteiger charge is -2.31. The fraction of sp³-hybridized carbons (Fsp3) is 0.588. The molecule has 5 heteroatoms. The molecule has 1 aliphatic rings. The molecule has 2 rings (SSSR count). The first kappa shape index (κ1) is 17.0. The number of carbonyl (C=O) groups excluding carboxylic acids is 1. The van der Waals surface area contributed by atoms with E-state index in [2.05, 4.69) is 5.32 Å². The Morgan fingerprint density at radius 3 is 2.64 bits per heavy atom. The van der Waals surface area contributed by atoms with Gasteiger partial charge in [-0.3, -0.25) is 9.00 Å². The number of aryl methyl sites for hydroxylation is 1. The van der Waals surface area contributed by atoms with Gasteiger partial charge in [0.05, 0.1) is 5.25 Å². The number of carbonyl (C=O) groups is 1. The van der Waals surface area contributed by atoms with Crippen molar-refractivity contribution in [1.29, 1.82) is 0 Å². The number of phenols is 1. The van der Waals surface area contributed by atoms with Crippen molar-refractivity contribution in [2.45, 2.75) is 56.7 Å². The number of amides is 1. The predicted octanol–water partition coefficient (Wildman–Crippen LogP) is 2.52. The van der Waals surface area contributed by atoms with Crippen LogP contribution in [0, 0.1) is 0 Å². The van der Waals surface area contributed by atoms with E-state index in [1.165, 1.54) is 0 Å². The number of benzene rings is 1. The predicted molar refractivity (Wildman–Crippen MR) is 89.3 cm³/mol. The van der Waals surface area contributed by atoms with Crippen molar-refractivity contribution in [2.24, 2.45) is 0 Å². The molecule has 1 saturated carbocycles. The molecule has 0 aromatic heterocycles. The monoisotopic (exact) mass is 323 g/mol. The Balaban J connectivity index is 1.84. The largest absolute Gasteiger partial charge is 0.508 e. The summed E-state index contributed by atoms with van der Waals surface area (Å²) < 4.78 is 12.1. The lowest BCUT2D eigenvalue weighted by molar-refractivity contribution is -0.121. The second-order valence-electron chi connectivity index (χ2n) is 5.83. The Hall–Kier alpha value is -1.36. The summed E-state index contributed by atoms with van der Waals surface area (Å²) in [5.41, 5.74) is 1.03. The first-order valence-corrected chi connectivity index (χ1v) is 9.42. The van der Waals surface area contributed by atoms with Gasteiger partial charge in [0, 0.05) is 29.0 Å². The number of nitrogens with one attached hydrogen (secondary N) is 1. The maximum Gasteiger partial charge on any atom is 0.220 e. The third-order valence-corrected chi connectivity index (χ3v) is 6.06. The molecule has 0 heterocycles. The van der Waals surface area contributed by atoms with Crippen LogP contribution in [0.1, 0.15) is 44.6 Å². The van der Waals surface area contributed by atoms with Gasteiger partial charge in [0.25, 0.3) is 0 Å². The highest BCUT2D eigenvalue weighted by Crippen LogP contribution is 2.23. The topological polar surface area (TPSA) is 66.4 Å². The highest BCUT2D eigenvalue weighted by molar-refractivity contribution is 7.85. The summed E-state index contributed by atoms with van der Waals surface area (Å²) in [7, 11) is -0.845. The second-order valence-corrected chi connectivity index (χ2v) is 7.78. The van der Waals surface area contributed by atoms with Crippen molar-refractivity contribution >= 4 is 16.7 Å². The van der Waals surface area contributed by atoms with Crippen molar-refractivity contribution in [3.8, 4) is 5.75 Å². The lowest BCUT2D eigenvalue weighted by Crippen LogP contribution is -2.47. The minimum absolute atomic E-state index is 0.0260. The van der Waals surface area contributed by atoms with Gasteiger partial charge in [0.1, 0.15) is 5.75 Å². The number of phenolic OH excluding ortho intramolecular Hbond substituents is 1. The first-order chi connectivity index (χ1) is 10.6. The average Bonchev–Trinajstić information content (AvgIpc) is 2.54. The highest BCUT2D eigenvalue weighted by atomic mass is 32.2. The molecule has 0 aliphatic heterocycles. The van der Waals surface area contributed by atoms with E-state index < -0.39 is 10.8 Å². The zero-order chi connectivity index (χ0) is 15.9. The van der Waals surface area contributed by atoms with Crippen molar-refractivity contribution < 1.29 is 14.1 Å². The fourth-order valence-electron chi connectivity index (χ4n) is 2.99. The quantitative estimate of drug-likeness (QED) is 0.845. The molecule has 0 spiro atoms. The van der Waals surface area contributed by atoms with E-state index in [0.717, 1.165) is 31.2 Å². The summed E-state index contributed by atoms with van der Waals surface area (Å²) in [6, 6.07) is 6.99. The zero-order valence-electron chi connectivity index (χ0n) is 13.1. The van der Waals surface area contributed by atoms with Crippen LogP contribution in [-0.2, 0) is 22.0 Å². The molecule has 0 unspecified atom stereocenters. The Bertz CT molecular complexity index is 515. The molecule has 3 atom stereocenters. The van der Waals surface area contributed by atoms with Gasteiger partial charge in [-0.1, -0.05) is 31.9 Å². The second kappa shape index (κ2) is 8.32. The smallest absolute Gasteiger partial charge is 0.220 e. The van der Waals surface area contributed by atoms with Crippen LogP contribution in [-0.4, -0.2) is 32.3 Å². The molecule has 2 N–H and O–H groups in total. The van der Waals surface area contributed by atoms with E-state index in [1.54, 1.807) is 12.1 Å². The summed E-state index contributed by atoms with van der Waals surface area (Å²) in [4.78, 5) is 12.1. The Kier molecular flexibility index (Phi) is 6.43. The van der Waals surface area contributed by atoms with Crippen molar-refractivity contribution in [3.63, 3.8) is 0 Å². The standard InChI is InChI=1S/C17H25NO3S/c1-2-22(21)16-6-4-3-5-15(16)18-17(20)12-9-13-7-10-14(19)11-8-13/h7-8,10-11,15-16,19H,2-6,9,12H2,1H3,(H,18,20)/t15-,16-,22-/m0/s1. The Morgan fingerprint density at radius 1 is 1.27 bits per heavy atom. The van der Waals surface area contributed by atoms with E-state index in [0.29, 0.717) is 18.6 Å². The van der Waals surface area contributed by atoms with Crippen LogP contribution < -0.4 is 5.32 Å². The van der Waals surface area contributed by atoms with Crippen LogP contribution in [0.4, 0.5) is 0 Å². The van der Waals surface area contributed by atoms with Gasteiger partial charge in [-0.25, -0.2) is 0 Å². The van der Waals surface area contributed by atoms with Crippen LogP contribution in [0.5, 0.6) is 5.75 Å². The van der Waals surface area contributed by atoms with Crippen LogP contribution in [0.2, 0.25) is 0 Å². The van der Waals surface area contributed by atoms with Crippen LogP contribution in [0.25, 0.3) is 0 Å². The molecule has 1 amide bonds.